The summed E-state index contributed by atoms with van der Waals surface area (Å²) in [5.74, 6) is 0.746. The minimum absolute atomic E-state index is 0.0208. The quantitative estimate of drug-likeness (QED) is 0.404. The molecule has 180 valence electrons. The van der Waals surface area contributed by atoms with Gasteiger partial charge in [-0.05, 0) is 38.0 Å². The Morgan fingerprint density at radius 1 is 0.839 bits per heavy atom. The van der Waals surface area contributed by atoms with Gasteiger partial charge in [-0.25, -0.2) is 0 Å². The zero-order chi connectivity index (χ0) is 23.4. The largest absolute Gasteiger partial charge is 0.446 e. The van der Waals surface area contributed by atoms with E-state index in [0.717, 1.165) is 13.1 Å². The molecule has 7 nitrogen and oxygen atoms in total. The van der Waals surface area contributed by atoms with Crippen LogP contribution in [0.4, 0.5) is 0 Å². The molecule has 0 spiro atoms. The summed E-state index contributed by atoms with van der Waals surface area (Å²) in [5.41, 5.74) is 0. The molecule has 0 aromatic rings. The maximum atomic E-state index is 13.4. The summed E-state index contributed by atoms with van der Waals surface area (Å²) >= 11 is 0. The van der Waals surface area contributed by atoms with Gasteiger partial charge < -0.3 is 23.2 Å². The molecule has 2 heterocycles. The van der Waals surface area contributed by atoms with Crippen LogP contribution in [0, 0.1) is 11.8 Å². The third-order valence-electron chi connectivity index (χ3n) is 6.02. The highest BCUT2D eigenvalue weighted by molar-refractivity contribution is 7.22. The second kappa shape index (κ2) is 11.1. The van der Waals surface area contributed by atoms with Crippen molar-refractivity contribution in [3.05, 3.63) is 0 Å². The van der Waals surface area contributed by atoms with Crippen LogP contribution >= 0.6 is 0 Å². The van der Waals surface area contributed by atoms with Crippen molar-refractivity contribution < 1.29 is 23.2 Å². The fraction of sp³-hybridized carbons (Fsp3) is 0.909. The molecule has 9 heteroatoms. The second-order valence-electron chi connectivity index (χ2n) is 10.7. The van der Waals surface area contributed by atoms with Crippen LogP contribution in [-0.2, 0) is 23.2 Å². The molecular formula is C22H44N2O5Si2. The second-order valence-corrected chi connectivity index (χ2v) is 18.9. The molecule has 0 aromatic carbocycles. The number of nitrogens with zero attached hydrogens (tertiary/aromatic N) is 2. The normalized spacial score (nSPS) is 25.5. The fourth-order valence-corrected chi connectivity index (χ4v) is 11.9. The lowest BCUT2D eigenvalue weighted by atomic mass is 10.2. The van der Waals surface area contributed by atoms with Gasteiger partial charge in [0.15, 0.2) is 19.1 Å². The van der Waals surface area contributed by atoms with Crippen LogP contribution in [-0.4, -0.2) is 89.1 Å². The van der Waals surface area contributed by atoms with Gasteiger partial charge in [0.2, 0.25) is 0 Å². The van der Waals surface area contributed by atoms with Crippen LogP contribution < -0.4 is 0 Å². The van der Waals surface area contributed by atoms with E-state index in [1.54, 1.807) is 0 Å². The van der Waals surface area contributed by atoms with E-state index in [4.69, 9.17) is 13.6 Å². The van der Waals surface area contributed by atoms with Crippen LogP contribution in [0.15, 0.2) is 0 Å². The topological polar surface area (TPSA) is 68.3 Å². The van der Waals surface area contributed by atoms with Crippen molar-refractivity contribution in [2.24, 2.45) is 11.8 Å². The Morgan fingerprint density at radius 3 is 1.55 bits per heavy atom. The van der Waals surface area contributed by atoms with Crippen LogP contribution in [0.5, 0.6) is 0 Å². The van der Waals surface area contributed by atoms with Crippen LogP contribution in [0.3, 0.4) is 0 Å². The Balaban J connectivity index is 2.04. The third-order valence-corrected chi connectivity index (χ3v) is 12.7. The molecule has 0 aliphatic carbocycles. The highest BCUT2D eigenvalue weighted by atomic mass is 28.4. The predicted molar refractivity (Wildman–Crippen MR) is 128 cm³/mol. The van der Waals surface area contributed by atoms with Gasteiger partial charge in [-0.3, -0.25) is 9.80 Å². The molecule has 0 bridgehead atoms. The predicted octanol–water partition coefficient (Wildman–Crippen LogP) is 3.04. The Kier molecular flexibility index (Phi) is 9.63. The number of rotatable bonds is 12. The summed E-state index contributed by atoms with van der Waals surface area (Å²) in [5, 5.41) is 0.0415. The van der Waals surface area contributed by atoms with Gasteiger partial charge in [0.05, 0.1) is 13.2 Å². The average molecular weight is 473 g/mol. The van der Waals surface area contributed by atoms with E-state index < -0.39 is 16.6 Å². The molecule has 2 atom stereocenters. The fourth-order valence-electron chi connectivity index (χ4n) is 4.60. The van der Waals surface area contributed by atoms with E-state index >= 15 is 0 Å². The average Bonchev–Trinajstić information content (AvgIpc) is 3.31. The summed E-state index contributed by atoms with van der Waals surface area (Å²) < 4.78 is 18.0. The standard InChI is InChI=1S/C22H44N2O5Si2/c1-17(2)21-23(13-15-27-21)11-9-19(25)31(8,29-30(5,6)7)20(26)10-12-24-14-16-28-22(24)18(3)4/h17-18,21-22H,9-16H2,1-8H3. The molecule has 2 aliphatic heterocycles. The SMILES string of the molecule is CC(C)C1OCCN1CCC(=O)[Si](C)(O[Si](C)(C)C)C(=O)CCN1CCOC1C(C)C. The molecule has 2 fully saturated rings. The van der Waals surface area contributed by atoms with Crippen molar-refractivity contribution in [3.63, 3.8) is 0 Å². The molecule has 2 aliphatic rings. The number of hydrogen-bond donors (Lipinski definition) is 0. The van der Waals surface area contributed by atoms with E-state index in [1.807, 2.05) is 6.55 Å². The van der Waals surface area contributed by atoms with Crippen LogP contribution in [0.25, 0.3) is 0 Å². The number of carbonyl (C=O) groups is 2. The van der Waals surface area contributed by atoms with Gasteiger partial charge in [-0.1, -0.05) is 27.7 Å². The van der Waals surface area contributed by atoms with Gasteiger partial charge in [-0.2, -0.15) is 0 Å². The minimum atomic E-state index is -3.18. The zero-order valence-corrected chi connectivity index (χ0v) is 22.9. The Labute approximate surface area is 191 Å². The monoisotopic (exact) mass is 472 g/mol. The van der Waals surface area contributed by atoms with Crippen LogP contribution in [0.2, 0.25) is 26.2 Å². The minimum Gasteiger partial charge on any atom is -0.446 e. The molecular weight excluding hydrogens is 428 g/mol. The van der Waals surface area contributed by atoms with Crippen molar-refractivity contribution in [3.8, 4) is 0 Å². The van der Waals surface area contributed by atoms with Gasteiger partial charge >= 0.3 is 8.32 Å². The summed E-state index contributed by atoms with van der Waals surface area (Å²) in [6.07, 6.45) is 0.815. The van der Waals surface area contributed by atoms with E-state index in [9.17, 15) is 9.59 Å². The lowest BCUT2D eigenvalue weighted by molar-refractivity contribution is -0.118. The lowest BCUT2D eigenvalue weighted by Gasteiger charge is -2.33. The Morgan fingerprint density at radius 2 is 1.23 bits per heavy atom. The van der Waals surface area contributed by atoms with Crippen LogP contribution in [0.1, 0.15) is 40.5 Å². The smallest absolute Gasteiger partial charge is 0.322 e. The van der Waals surface area contributed by atoms with Gasteiger partial charge in [-0.15, -0.1) is 0 Å². The van der Waals surface area contributed by atoms with E-state index in [0.29, 0.717) is 51.0 Å². The van der Waals surface area contributed by atoms with Crippen molar-refractivity contribution >= 4 is 27.4 Å². The van der Waals surface area contributed by atoms with E-state index in [1.165, 1.54) is 0 Å². The lowest BCUT2D eigenvalue weighted by Crippen LogP contribution is -2.58. The third kappa shape index (κ3) is 7.28. The summed E-state index contributed by atoms with van der Waals surface area (Å²) in [7, 11) is -5.24. The molecule has 0 amide bonds. The first-order valence-corrected chi connectivity index (χ1v) is 17.6. The van der Waals surface area contributed by atoms with Gasteiger partial charge in [0, 0.05) is 39.0 Å². The molecule has 2 saturated heterocycles. The highest BCUT2D eigenvalue weighted by Gasteiger charge is 2.48. The van der Waals surface area contributed by atoms with Gasteiger partial charge in [0.25, 0.3) is 0 Å². The Hall–Kier alpha value is -0.426. The first-order chi connectivity index (χ1) is 14.3. The summed E-state index contributed by atoms with van der Waals surface area (Å²) in [4.78, 5) is 31.3. The molecule has 2 unspecified atom stereocenters. The number of carbonyl (C=O) groups excluding carboxylic acids is 2. The van der Waals surface area contributed by atoms with Crippen molar-refractivity contribution in [1.29, 1.82) is 0 Å². The van der Waals surface area contributed by atoms with Crippen molar-refractivity contribution in [2.75, 3.05) is 39.4 Å². The molecule has 0 radical (unpaired) electrons. The summed E-state index contributed by atoms with van der Waals surface area (Å²) in [6.45, 7) is 20.9. The molecule has 0 aromatic heterocycles. The highest BCUT2D eigenvalue weighted by Crippen LogP contribution is 2.24. The first-order valence-electron chi connectivity index (χ1n) is 11.8. The van der Waals surface area contributed by atoms with Gasteiger partial charge in [0.1, 0.15) is 12.5 Å². The van der Waals surface area contributed by atoms with E-state index in [-0.39, 0.29) is 23.3 Å². The molecule has 2 rings (SSSR count). The zero-order valence-electron chi connectivity index (χ0n) is 20.9. The molecule has 0 saturated carbocycles. The number of hydrogen-bond acceptors (Lipinski definition) is 7. The maximum absolute atomic E-state index is 13.4. The van der Waals surface area contributed by atoms with Crippen molar-refractivity contribution in [1.82, 2.24) is 9.80 Å². The maximum Gasteiger partial charge on any atom is 0.322 e. The first kappa shape index (κ1) is 26.8. The van der Waals surface area contributed by atoms with E-state index in [2.05, 4.69) is 57.1 Å². The molecule has 31 heavy (non-hydrogen) atoms. The Bertz CT molecular complexity index is 582. The molecule has 0 N–H and O–H groups in total. The summed E-state index contributed by atoms with van der Waals surface area (Å²) in [6, 6.07) is 0. The number of ether oxygens (including phenoxy) is 2. The van der Waals surface area contributed by atoms with Crippen molar-refractivity contribution in [2.45, 2.75) is 79.2 Å².